The number of hydrogen-bond acceptors (Lipinski definition) is 18. The first-order chi connectivity index (χ1) is 32.3. The monoisotopic (exact) mass is 1050 g/mol. The average molecular weight is 1050 g/mol. The molecule has 3 heterocycles. The second-order valence-corrected chi connectivity index (χ2v) is 16.5. The van der Waals surface area contributed by atoms with Crippen LogP contribution in [-0.2, 0) is 25.7 Å². The molecule has 5 N–H and O–H groups in total. The first-order valence-corrected chi connectivity index (χ1v) is 22.1. The summed E-state index contributed by atoms with van der Waals surface area (Å²) in [5.41, 5.74) is -1.31. The van der Waals surface area contributed by atoms with Gasteiger partial charge < -0.3 is 39.6 Å². The molecule has 0 aliphatic rings. The molecule has 5 aromatic rings. The molecule has 22 nitrogen and oxygen atoms in total. The van der Waals surface area contributed by atoms with Crippen LogP contribution in [0.1, 0.15) is 54.0 Å². The van der Waals surface area contributed by atoms with Crippen molar-refractivity contribution in [1.82, 2.24) is 39.5 Å². The summed E-state index contributed by atoms with van der Waals surface area (Å²) in [6.07, 6.45) is -4.77. The van der Waals surface area contributed by atoms with E-state index in [1.165, 1.54) is 69.7 Å². The predicted molar refractivity (Wildman–Crippen MR) is 245 cm³/mol. The Bertz CT molecular complexity index is 2720. The Kier molecular flexibility index (Phi) is 20.7. The van der Waals surface area contributed by atoms with Crippen LogP contribution in [0, 0.1) is 0 Å². The summed E-state index contributed by atoms with van der Waals surface area (Å²) < 4.78 is 84.8. The number of amides is 3. The van der Waals surface area contributed by atoms with Crippen LogP contribution in [0.4, 0.5) is 35.8 Å². The largest absolute Gasteiger partial charge is 0.481 e. The molecule has 5 rings (SSSR count). The molecule has 2 aromatic carbocycles. The Morgan fingerprint density at radius 3 is 2.01 bits per heavy atom. The number of rotatable bonds is 15. The Morgan fingerprint density at radius 2 is 1.46 bits per heavy atom. The number of hydrogen-bond donors (Lipinski definition) is 5. The number of sulfonamides is 1. The first kappa shape index (κ1) is 56.3. The zero-order chi connectivity index (χ0) is 51.8. The number of urea groups is 1. The van der Waals surface area contributed by atoms with Crippen molar-refractivity contribution in [1.29, 1.82) is 0 Å². The van der Waals surface area contributed by atoms with Gasteiger partial charge in [-0.25, -0.2) is 24.1 Å². The minimum Gasteiger partial charge on any atom is -0.481 e. The molecule has 0 aliphatic heterocycles. The molecule has 0 aliphatic carbocycles. The van der Waals surface area contributed by atoms with Gasteiger partial charge in [-0.1, -0.05) is 23.2 Å². The van der Waals surface area contributed by atoms with Gasteiger partial charge >= 0.3 is 24.1 Å². The fourth-order valence-corrected chi connectivity index (χ4v) is 6.38. The van der Waals surface area contributed by atoms with Crippen LogP contribution in [0.3, 0.4) is 0 Å². The van der Waals surface area contributed by atoms with Crippen molar-refractivity contribution in [3.63, 3.8) is 0 Å². The molecule has 3 amide bonds. The molecule has 0 saturated heterocycles. The summed E-state index contributed by atoms with van der Waals surface area (Å²) in [6, 6.07) is 9.50. The van der Waals surface area contributed by atoms with Crippen molar-refractivity contribution in [3.8, 4) is 23.3 Å². The number of nitrogens with one attached hydrogen (secondary N) is 4. The molecule has 372 valence electrons. The van der Waals surface area contributed by atoms with Crippen molar-refractivity contribution in [2.24, 2.45) is 0 Å². The highest BCUT2D eigenvalue weighted by atomic mass is 35.5. The van der Waals surface area contributed by atoms with Crippen LogP contribution in [-0.4, -0.2) is 119 Å². The number of esters is 1. The number of alkyl halides is 3. The van der Waals surface area contributed by atoms with E-state index in [1.54, 1.807) is 4.72 Å². The Labute approximate surface area is 407 Å². The summed E-state index contributed by atoms with van der Waals surface area (Å²) in [4.78, 5) is 71.7. The number of ether oxygens (including phenoxy) is 4. The smallest absolute Gasteiger partial charge is 0.416 e. The number of pyridine rings is 1. The number of aromatic nitrogens is 6. The normalized spacial score (nSPS) is 11.3. The molecule has 0 fully saturated rings. The third-order valence-corrected chi connectivity index (χ3v) is 9.93. The van der Waals surface area contributed by atoms with E-state index in [9.17, 15) is 40.8 Å². The predicted octanol–water partition coefficient (Wildman–Crippen LogP) is 7.31. The number of halogens is 6. The van der Waals surface area contributed by atoms with Gasteiger partial charge in [0.25, 0.3) is 15.9 Å². The number of nitrogens with zero attached hydrogens (tertiary/aromatic N) is 7. The Hall–Kier alpha value is -7.03. The lowest BCUT2D eigenvalue weighted by Crippen LogP contribution is -2.36. The standard InChI is InChI=1S/C17H11Cl2F3O5.C15H18N6O6S.C8H14ClN5/c1-8(15(23)24)26-16(25)11-7-10(3-4-12(11)18)27-14-5-2-9(6-13(14)19)17(20,21)22;1-21(2)13(22)9-6-5-7-16-12(9)28(24,25)20-15(23)19-14-17-10(26-3)8-11(18-14)27-4;1-4-10-7-12-6(9)13-8(14-7)11-5(2)3/h2-8H,1H3,(H,23,24);5-8H,1-4H3,(H2,17,18,19,20,23);5H,4H2,1-3H3,(H2,10,11,12,13,14)/t8-;;/m0../s1. The van der Waals surface area contributed by atoms with Gasteiger partial charge in [0, 0.05) is 32.9 Å². The number of carbonyl (C=O) groups is 4. The Balaban J connectivity index is 0.000000289. The van der Waals surface area contributed by atoms with Gasteiger partial charge in [-0.15, -0.1) is 0 Å². The first-order valence-electron chi connectivity index (χ1n) is 19.5. The maximum absolute atomic E-state index is 12.7. The van der Waals surface area contributed by atoms with Crippen molar-refractivity contribution in [3.05, 3.63) is 92.8 Å². The molecule has 29 heteroatoms. The number of benzene rings is 2. The summed E-state index contributed by atoms with van der Waals surface area (Å²) in [6.45, 7) is 7.89. The van der Waals surface area contributed by atoms with Crippen LogP contribution in [0.15, 0.2) is 65.8 Å². The molecule has 1 atom stereocenters. The van der Waals surface area contributed by atoms with Gasteiger partial charge in [-0.3, -0.25) is 10.1 Å². The maximum Gasteiger partial charge on any atom is 0.416 e. The van der Waals surface area contributed by atoms with Gasteiger partial charge in [0.15, 0.2) is 11.1 Å². The van der Waals surface area contributed by atoms with Crippen LogP contribution in [0.25, 0.3) is 0 Å². The van der Waals surface area contributed by atoms with E-state index in [0.29, 0.717) is 18.0 Å². The molecular formula is C40H43Cl3F3N11O11S. The lowest BCUT2D eigenvalue weighted by molar-refractivity contribution is -0.146. The van der Waals surface area contributed by atoms with Gasteiger partial charge in [0.05, 0.1) is 47.0 Å². The van der Waals surface area contributed by atoms with E-state index < -0.39 is 56.8 Å². The minimum absolute atomic E-state index is 0.0246. The van der Waals surface area contributed by atoms with E-state index in [4.69, 9.17) is 58.9 Å². The summed E-state index contributed by atoms with van der Waals surface area (Å²) in [7, 11) is 1.15. The van der Waals surface area contributed by atoms with Gasteiger partial charge in [0.2, 0.25) is 34.9 Å². The number of anilines is 3. The molecule has 0 bridgehead atoms. The van der Waals surface area contributed by atoms with E-state index in [-0.39, 0.29) is 61.7 Å². The molecule has 0 radical (unpaired) electrons. The average Bonchev–Trinajstić information content (AvgIpc) is 3.26. The molecular weight excluding hydrogens is 1010 g/mol. The quantitative estimate of drug-likeness (QED) is 0.0642. The Morgan fingerprint density at radius 1 is 0.826 bits per heavy atom. The van der Waals surface area contributed by atoms with Crippen molar-refractivity contribution >= 4 is 86.5 Å². The number of carboxylic acid groups (broad SMARTS) is 1. The van der Waals surface area contributed by atoms with E-state index in [0.717, 1.165) is 31.7 Å². The van der Waals surface area contributed by atoms with Crippen LogP contribution >= 0.6 is 34.8 Å². The lowest BCUT2D eigenvalue weighted by atomic mass is 10.2. The third kappa shape index (κ3) is 17.5. The SMILES string of the molecule is CCNc1nc(Cl)nc(NC(C)C)n1.COc1cc(OC)nc(NC(=O)NS(=O)(=O)c2ncccc2C(=O)N(C)C)n1.C[C@H](OC(=O)c1cc(Oc2ccc(C(F)(F)F)cc2Cl)ccc1Cl)C(=O)O. The maximum atomic E-state index is 12.7. The second-order valence-electron chi connectivity index (χ2n) is 13.7. The van der Waals surface area contributed by atoms with Crippen LogP contribution < -0.4 is 34.9 Å². The van der Waals surface area contributed by atoms with Gasteiger partial charge in [0.1, 0.15) is 11.5 Å². The zero-order valence-corrected chi connectivity index (χ0v) is 40.6. The number of aliphatic carboxylic acids is 1. The van der Waals surface area contributed by atoms with Crippen molar-refractivity contribution < 1.29 is 64.8 Å². The molecule has 0 spiro atoms. The molecule has 0 unspecified atom stereocenters. The summed E-state index contributed by atoms with van der Waals surface area (Å²) in [5, 5.41) is 16.3. The van der Waals surface area contributed by atoms with Crippen molar-refractivity contribution in [2.45, 2.75) is 51.0 Å². The number of carbonyl (C=O) groups excluding carboxylic acids is 3. The van der Waals surface area contributed by atoms with E-state index >= 15 is 0 Å². The van der Waals surface area contributed by atoms with E-state index in [1.807, 2.05) is 20.8 Å². The highest BCUT2D eigenvalue weighted by molar-refractivity contribution is 7.90. The minimum atomic E-state index is -4.56. The zero-order valence-electron chi connectivity index (χ0n) is 37.5. The van der Waals surface area contributed by atoms with E-state index in [2.05, 4.69) is 45.9 Å². The second kappa shape index (κ2) is 25.4. The topological polar surface area (TPSA) is 288 Å². The third-order valence-electron chi connectivity index (χ3n) is 7.85. The van der Waals surface area contributed by atoms with Crippen molar-refractivity contribution in [2.75, 3.05) is 50.8 Å². The highest BCUT2D eigenvalue weighted by Crippen LogP contribution is 2.37. The summed E-state index contributed by atoms with van der Waals surface area (Å²) in [5.74, 6) is -2.05. The summed E-state index contributed by atoms with van der Waals surface area (Å²) >= 11 is 17.4. The van der Waals surface area contributed by atoms with Crippen LogP contribution in [0.5, 0.6) is 23.3 Å². The number of carboxylic acids is 1. The number of methoxy groups -OCH3 is 2. The lowest BCUT2D eigenvalue weighted by Gasteiger charge is -2.14. The molecule has 3 aromatic heterocycles. The van der Waals surface area contributed by atoms with Gasteiger partial charge in [-0.2, -0.15) is 46.5 Å². The molecule has 0 saturated carbocycles. The molecule has 69 heavy (non-hydrogen) atoms. The highest BCUT2D eigenvalue weighted by Gasteiger charge is 2.31. The van der Waals surface area contributed by atoms with Crippen LogP contribution in [0.2, 0.25) is 15.3 Å². The fraction of sp³-hybridized carbons (Fsp3) is 0.300. The van der Waals surface area contributed by atoms with Gasteiger partial charge in [-0.05, 0) is 87.8 Å². The fourth-order valence-electron chi connectivity index (χ4n) is 4.77.